The van der Waals surface area contributed by atoms with Gasteiger partial charge in [-0.2, -0.15) is 0 Å². The Morgan fingerprint density at radius 3 is 2.61 bits per heavy atom. The minimum atomic E-state index is -4.14. The summed E-state index contributed by atoms with van der Waals surface area (Å²) in [5.41, 5.74) is 2.35. The maximum absolute atomic E-state index is 13.5. The van der Waals surface area contributed by atoms with E-state index in [1.807, 2.05) is 24.3 Å². The van der Waals surface area contributed by atoms with Crippen molar-refractivity contribution in [2.45, 2.75) is 36.1 Å². The largest absolute Gasteiger partial charge is 0.345 e. The number of aromatic nitrogens is 1. The predicted molar refractivity (Wildman–Crippen MR) is 125 cm³/mol. The first kappa shape index (κ1) is 22.0. The van der Waals surface area contributed by atoms with Crippen molar-refractivity contribution in [3.05, 3.63) is 75.6 Å². The molecule has 0 atom stereocenters. The predicted octanol–water partition coefficient (Wildman–Crippen LogP) is 4.51. The number of nitrogens with zero attached hydrogens (tertiary/aromatic N) is 2. The van der Waals surface area contributed by atoms with E-state index in [-0.39, 0.29) is 43.4 Å². The Balaban J connectivity index is 1.63. The van der Waals surface area contributed by atoms with Crippen LogP contribution in [0.3, 0.4) is 0 Å². The third-order valence-electron chi connectivity index (χ3n) is 6.10. The molecule has 1 aromatic heterocycles. The molecule has 0 saturated heterocycles. The van der Waals surface area contributed by atoms with Crippen molar-refractivity contribution in [3.63, 3.8) is 0 Å². The van der Waals surface area contributed by atoms with Crippen molar-refractivity contribution >= 4 is 50.7 Å². The maximum Gasteiger partial charge on any atom is 0.290 e. The van der Waals surface area contributed by atoms with Gasteiger partial charge in [-0.15, -0.1) is 0 Å². The fourth-order valence-electron chi connectivity index (χ4n) is 4.46. The second kappa shape index (κ2) is 7.90. The standard InChI is InChI=1S/C23H19Cl2N3O4S/c1-13-19(22(29)27-8-4-7-14-5-2-3-6-15(14)12-27)26-20-21(13)33(31,32)18-10-16(24)9-17(11-18)28(25)23(20)30/h2-3,5-6,9-11,26H,4,7-8,12H2,1H3. The van der Waals surface area contributed by atoms with Crippen LogP contribution in [-0.4, -0.2) is 36.7 Å². The average molecular weight is 504 g/mol. The molecular weight excluding hydrogens is 485 g/mol. The van der Waals surface area contributed by atoms with Crippen LogP contribution in [0.25, 0.3) is 0 Å². The van der Waals surface area contributed by atoms with Crippen LogP contribution in [0.4, 0.5) is 5.69 Å². The molecule has 1 N–H and O–H groups in total. The lowest BCUT2D eigenvalue weighted by atomic mass is 10.0. The van der Waals surface area contributed by atoms with Gasteiger partial charge in [-0.1, -0.05) is 35.9 Å². The number of rotatable bonds is 1. The quantitative estimate of drug-likeness (QED) is 0.494. The fourth-order valence-corrected chi connectivity index (χ4v) is 6.64. The van der Waals surface area contributed by atoms with Gasteiger partial charge in [0, 0.05) is 29.9 Å². The molecule has 2 aliphatic rings. The number of carbonyl (C=O) groups is 2. The number of halogens is 2. The van der Waals surface area contributed by atoms with Crippen molar-refractivity contribution in [1.82, 2.24) is 9.88 Å². The van der Waals surface area contributed by atoms with Gasteiger partial charge in [-0.3, -0.25) is 9.59 Å². The van der Waals surface area contributed by atoms with E-state index in [1.165, 1.54) is 30.7 Å². The summed E-state index contributed by atoms with van der Waals surface area (Å²) in [6.45, 7) is 2.43. The molecule has 0 spiro atoms. The molecule has 2 amide bonds. The fraction of sp³-hybridized carbons (Fsp3) is 0.217. The van der Waals surface area contributed by atoms with E-state index in [1.54, 1.807) is 4.90 Å². The Morgan fingerprint density at radius 2 is 1.85 bits per heavy atom. The van der Waals surface area contributed by atoms with Crippen molar-refractivity contribution in [2.24, 2.45) is 0 Å². The first-order chi connectivity index (χ1) is 15.7. The second-order valence-electron chi connectivity index (χ2n) is 8.16. The number of aromatic amines is 1. The number of H-pyrrole nitrogens is 1. The summed E-state index contributed by atoms with van der Waals surface area (Å²) >= 11 is 12.3. The Hall–Kier alpha value is -2.81. The lowest BCUT2D eigenvalue weighted by molar-refractivity contribution is 0.0740. The van der Waals surface area contributed by atoms with Gasteiger partial charge in [-0.25, -0.2) is 12.8 Å². The average Bonchev–Trinajstić information content (AvgIpc) is 2.99. The molecule has 7 nitrogen and oxygen atoms in total. The molecule has 10 heteroatoms. The van der Waals surface area contributed by atoms with E-state index in [2.05, 4.69) is 4.98 Å². The number of anilines is 1. The molecule has 2 aromatic carbocycles. The van der Waals surface area contributed by atoms with Gasteiger partial charge in [0.1, 0.15) is 16.3 Å². The van der Waals surface area contributed by atoms with Gasteiger partial charge in [0.25, 0.3) is 11.8 Å². The number of fused-ring (bicyclic) bond motifs is 4. The summed E-state index contributed by atoms with van der Waals surface area (Å²) in [6.07, 6.45) is 1.63. The summed E-state index contributed by atoms with van der Waals surface area (Å²) in [6, 6.07) is 11.9. The Bertz CT molecular complexity index is 1430. The number of amides is 2. The molecule has 2 aliphatic heterocycles. The Labute approximate surface area is 200 Å². The van der Waals surface area contributed by atoms with Crippen LogP contribution in [-0.2, 0) is 22.8 Å². The van der Waals surface area contributed by atoms with E-state index >= 15 is 0 Å². The highest BCUT2D eigenvalue weighted by Gasteiger charge is 2.38. The van der Waals surface area contributed by atoms with Crippen LogP contribution >= 0.6 is 23.4 Å². The lowest BCUT2D eigenvalue weighted by Crippen LogP contribution is -2.31. The topological polar surface area (TPSA) is 90.6 Å². The first-order valence-electron chi connectivity index (χ1n) is 10.3. The van der Waals surface area contributed by atoms with Crippen LogP contribution in [0.15, 0.2) is 52.3 Å². The van der Waals surface area contributed by atoms with Gasteiger partial charge in [0.05, 0.1) is 10.6 Å². The number of sulfone groups is 1. The van der Waals surface area contributed by atoms with Gasteiger partial charge in [-0.05, 0) is 54.7 Å². The van der Waals surface area contributed by atoms with Crippen LogP contribution in [0, 0.1) is 6.92 Å². The lowest BCUT2D eigenvalue weighted by Gasteiger charge is -2.20. The smallest absolute Gasteiger partial charge is 0.290 e. The molecule has 0 aliphatic carbocycles. The first-order valence-corrected chi connectivity index (χ1v) is 12.5. The van der Waals surface area contributed by atoms with Crippen LogP contribution < -0.4 is 4.42 Å². The normalized spacial score (nSPS) is 17.0. The van der Waals surface area contributed by atoms with Crippen molar-refractivity contribution in [1.29, 1.82) is 0 Å². The third kappa shape index (κ3) is 3.53. The maximum atomic E-state index is 13.5. The van der Waals surface area contributed by atoms with Gasteiger partial charge < -0.3 is 9.88 Å². The zero-order valence-corrected chi connectivity index (χ0v) is 19.9. The molecular formula is C23H19Cl2N3O4S. The minimum Gasteiger partial charge on any atom is -0.345 e. The second-order valence-corrected chi connectivity index (χ2v) is 10.8. The monoisotopic (exact) mass is 503 g/mol. The summed E-state index contributed by atoms with van der Waals surface area (Å²) < 4.78 is 27.8. The van der Waals surface area contributed by atoms with Crippen LogP contribution in [0.5, 0.6) is 0 Å². The molecule has 33 heavy (non-hydrogen) atoms. The number of carbonyl (C=O) groups excluding carboxylic acids is 2. The third-order valence-corrected chi connectivity index (χ3v) is 8.57. The van der Waals surface area contributed by atoms with E-state index < -0.39 is 15.7 Å². The summed E-state index contributed by atoms with van der Waals surface area (Å²) in [5.74, 6) is -1.16. The highest BCUT2D eigenvalue weighted by atomic mass is 35.5. The van der Waals surface area contributed by atoms with Crippen LogP contribution in [0.1, 0.15) is 44.1 Å². The summed E-state index contributed by atoms with van der Waals surface area (Å²) in [4.78, 5) is 30.7. The highest BCUT2D eigenvalue weighted by Crippen LogP contribution is 2.38. The molecule has 5 rings (SSSR count). The zero-order valence-electron chi connectivity index (χ0n) is 17.6. The summed E-state index contributed by atoms with van der Waals surface area (Å²) in [7, 11) is -4.14. The molecule has 3 heterocycles. The molecule has 0 radical (unpaired) electrons. The molecule has 170 valence electrons. The Morgan fingerprint density at radius 1 is 1.12 bits per heavy atom. The Kier molecular flexibility index (Phi) is 5.27. The number of nitrogens with one attached hydrogen (secondary N) is 1. The van der Waals surface area contributed by atoms with Crippen molar-refractivity contribution in [2.75, 3.05) is 11.0 Å². The number of aryl methyl sites for hydroxylation is 1. The minimum absolute atomic E-state index is 0.0578. The summed E-state index contributed by atoms with van der Waals surface area (Å²) in [5, 5.41) is 0.126. The van der Waals surface area contributed by atoms with E-state index in [9.17, 15) is 18.0 Å². The zero-order chi connectivity index (χ0) is 23.5. The molecule has 0 fully saturated rings. The number of hydrogen-bond donors (Lipinski definition) is 1. The molecule has 3 aromatic rings. The van der Waals surface area contributed by atoms with E-state index in [0.717, 1.165) is 22.8 Å². The SMILES string of the molecule is Cc1c(C(=O)N2CCCc3ccccc3C2)[nH]c2c1S(=O)(=O)c1cc(Cl)cc(c1)N(Cl)C2=O. The van der Waals surface area contributed by atoms with Crippen molar-refractivity contribution in [3.8, 4) is 0 Å². The van der Waals surface area contributed by atoms with Crippen LogP contribution in [0.2, 0.25) is 5.02 Å². The van der Waals surface area contributed by atoms with Crippen molar-refractivity contribution < 1.29 is 18.0 Å². The number of benzene rings is 2. The molecule has 2 bridgehead atoms. The number of hydrogen-bond acceptors (Lipinski definition) is 4. The van der Waals surface area contributed by atoms with E-state index in [0.29, 0.717) is 13.1 Å². The highest BCUT2D eigenvalue weighted by molar-refractivity contribution is 7.91. The van der Waals surface area contributed by atoms with Gasteiger partial charge >= 0.3 is 0 Å². The van der Waals surface area contributed by atoms with Gasteiger partial charge in [0.15, 0.2) is 0 Å². The van der Waals surface area contributed by atoms with E-state index in [4.69, 9.17) is 23.4 Å². The molecule has 0 saturated carbocycles. The molecule has 0 unspecified atom stereocenters. The van der Waals surface area contributed by atoms with Gasteiger partial charge in [0.2, 0.25) is 9.84 Å².